The minimum atomic E-state index is 0.172. The molecule has 4 nitrogen and oxygen atoms in total. The van der Waals surface area contributed by atoms with Gasteiger partial charge in [-0.3, -0.25) is 9.59 Å². The SMILES string of the molecule is CC=CC(CNC=O)CNC=O. The van der Waals surface area contributed by atoms with Gasteiger partial charge < -0.3 is 10.6 Å². The smallest absolute Gasteiger partial charge is 0.207 e. The molecule has 0 aliphatic rings. The second kappa shape index (κ2) is 7.78. The van der Waals surface area contributed by atoms with Gasteiger partial charge >= 0.3 is 0 Å². The summed E-state index contributed by atoms with van der Waals surface area (Å²) in [4.78, 5) is 19.9. The van der Waals surface area contributed by atoms with Crippen molar-refractivity contribution in [2.45, 2.75) is 6.92 Å². The molecule has 2 amide bonds. The van der Waals surface area contributed by atoms with Gasteiger partial charge in [-0.1, -0.05) is 12.2 Å². The number of carbonyl (C=O) groups excluding carboxylic acids is 2. The van der Waals surface area contributed by atoms with Crippen molar-refractivity contribution in [1.82, 2.24) is 10.6 Å². The van der Waals surface area contributed by atoms with E-state index in [1.54, 1.807) is 0 Å². The largest absolute Gasteiger partial charge is 0.358 e. The van der Waals surface area contributed by atoms with E-state index in [1.807, 2.05) is 19.1 Å². The molecule has 0 aromatic carbocycles. The van der Waals surface area contributed by atoms with Gasteiger partial charge in [0.2, 0.25) is 12.8 Å². The van der Waals surface area contributed by atoms with E-state index < -0.39 is 0 Å². The number of hydrogen-bond donors (Lipinski definition) is 2. The highest BCUT2D eigenvalue weighted by Gasteiger charge is 2.01. The van der Waals surface area contributed by atoms with Crippen LogP contribution in [0.1, 0.15) is 6.92 Å². The quantitative estimate of drug-likeness (QED) is 0.406. The van der Waals surface area contributed by atoms with Crippen molar-refractivity contribution in [2.75, 3.05) is 13.1 Å². The van der Waals surface area contributed by atoms with Crippen LogP contribution in [0.4, 0.5) is 0 Å². The molecule has 0 rings (SSSR count). The summed E-state index contributed by atoms with van der Waals surface area (Å²) in [5.41, 5.74) is 0. The lowest BCUT2D eigenvalue weighted by molar-refractivity contribution is -0.109. The molecule has 12 heavy (non-hydrogen) atoms. The number of amides is 2. The Morgan fingerprint density at radius 1 is 1.17 bits per heavy atom. The van der Waals surface area contributed by atoms with Crippen molar-refractivity contribution >= 4 is 12.8 Å². The van der Waals surface area contributed by atoms with Gasteiger partial charge in [-0.05, 0) is 6.92 Å². The Labute approximate surface area is 72.0 Å². The zero-order chi connectivity index (χ0) is 9.23. The molecule has 0 saturated carbocycles. The van der Waals surface area contributed by atoms with Gasteiger partial charge in [0.05, 0.1) is 0 Å². The second-order valence-corrected chi connectivity index (χ2v) is 2.34. The van der Waals surface area contributed by atoms with Crippen LogP contribution in [0.5, 0.6) is 0 Å². The fourth-order valence-corrected chi connectivity index (χ4v) is 0.879. The molecule has 0 unspecified atom stereocenters. The zero-order valence-corrected chi connectivity index (χ0v) is 7.12. The van der Waals surface area contributed by atoms with Crippen LogP contribution in [-0.4, -0.2) is 25.9 Å². The number of carbonyl (C=O) groups is 2. The van der Waals surface area contributed by atoms with Gasteiger partial charge in [0.1, 0.15) is 0 Å². The molecule has 68 valence electrons. The number of rotatable bonds is 7. The third-order valence-electron chi connectivity index (χ3n) is 1.39. The lowest BCUT2D eigenvalue weighted by Gasteiger charge is -2.10. The Morgan fingerprint density at radius 3 is 2.00 bits per heavy atom. The van der Waals surface area contributed by atoms with Crippen molar-refractivity contribution in [2.24, 2.45) is 5.92 Å². The van der Waals surface area contributed by atoms with Crippen molar-refractivity contribution in [3.05, 3.63) is 12.2 Å². The van der Waals surface area contributed by atoms with Crippen molar-refractivity contribution in [3.63, 3.8) is 0 Å². The normalized spacial score (nSPS) is 10.2. The molecule has 0 fully saturated rings. The lowest BCUT2D eigenvalue weighted by Crippen LogP contribution is -2.28. The molecule has 0 heterocycles. The van der Waals surface area contributed by atoms with Gasteiger partial charge in [0.15, 0.2) is 0 Å². The van der Waals surface area contributed by atoms with Crippen LogP contribution >= 0.6 is 0 Å². The average Bonchev–Trinajstić information content (AvgIpc) is 2.10. The highest BCUT2D eigenvalue weighted by Crippen LogP contribution is 1.94. The monoisotopic (exact) mass is 170 g/mol. The molecular weight excluding hydrogens is 156 g/mol. The van der Waals surface area contributed by atoms with E-state index in [9.17, 15) is 9.59 Å². The van der Waals surface area contributed by atoms with Crippen molar-refractivity contribution in [3.8, 4) is 0 Å². The van der Waals surface area contributed by atoms with Crippen LogP contribution in [0.2, 0.25) is 0 Å². The molecule has 2 N–H and O–H groups in total. The number of hydrogen-bond acceptors (Lipinski definition) is 2. The minimum Gasteiger partial charge on any atom is -0.358 e. The van der Waals surface area contributed by atoms with E-state index in [2.05, 4.69) is 10.6 Å². The predicted octanol–water partition coefficient (Wildman–Crippen LogP) is -0.329. The van der Waals surface area contributed by atoms with Crippen LogP contribution in [0.15, 0.2) is 12.2 Å². The molecule has 0 spiro atoms. The third-order valence-corrected chi connectivity index (χ3v) is 1.39. The number of nitrogens with one attached hydrogen (secondary N) is 2. The summed E-state index contributed by atoms with van der Waals surface area (Å²) < 4.78 is 0. The maximum absolute atomic E-state index is 9.96. The fourth-order valence-electron chi connectivity index (χ4n) is 0.879. The van der Waals surface area contributed by atoms with E-state index in [0.717, 1.165) is 0 Å². The Morgan fingerprint density at radius 2 is 1.67 bits per heavy atom. The molecular formula is C8H14N2O2. The molecule has 0 aromatic heterocycles. The maximum atomic E-state index is 9.96. The first-order chi connectivity index (χ1) is 5.85. The van der Waals surface area contributed by atoms with Crippen LogP contribution in [-0.2, 0) is 9.59 Å². The van der Waals surface area contributed by atoms with Gasteiger partial charge in [0, 0.05) is 19.0 Å². The molecule has 4 heteroatoms. The summed E-state index contributed by atoms with van der Waals surface area (Å²) >= 11 is 0. The maximum Gasteiger partial charge on any atom is 0.207 e. The average molecular weight is 170 g/mol. The molecule has 0 aromatic rings. The first kappa shape index (κ1) is 10.7. The summed E-state index contributed by atoms with van der Waals surface area (Å²) in [5, 5.41) is 5.11. The molecule has 0 aliphatic heterocycles. The first-order valence-corrected chi connectivity index (χ1v) is 3.82. The first-order valence-electron chi connectivity index (χ1n) is 3.82. The topological polar surface area (TPSA) is 58.2 Å². The Kier molecular flexibility index (Phi) is 6.93. The summed E-state index contributed by atoms with van der Waals surface area (Å²) in [5.74, 6) is 0.172. The fraction of sp³-hybridized carbons (Fsp3) is 0.500. The van der Waals surface area contributed by atoms with Gasteiger partial charge in [-0.25, -0.2) is 0 Å². The van der Waals surface area contributed by atoms with Crippen LogP contribution in [0, 0.1) is 5.92 Å². The zero-order valence-electron chi connectivity index (χ0n) is 7.12. The van der Waals surface area contributed by atoms with E-state index in [4.69, 9.17) is 0 Å². The van der Waals surface area contributed by atoms with E-state index in [1.165, 1.54) is 0 Å². The molecule has 0 aliphatic carbocycles. The number of allylic oxidation sites excluding steroid dienone is 1. The van der Waals surface area contributed by atoms with Crippen LogP contribution in [0.25, 0.3) is 0 Å². The summed E-state index contributed by atoms with van der Waals surface area (Å²) in [7, 11) is 0. The third kappa shape index (κ3) is 5.46. The van der Waals surface area contributed by atoms with Gasteiger partial charge in [-0.2, -0.15) is 0 Å². The summed E-state index contributed by atoms with van der Waals surface area (Å²) in [6, 6.07) is 0. The van der Waals surface area contributed by atoms with Gasteiger partial charge in [-0.15, -0.1) is 0 Å². The van der Waals surface area contributed by atoms with Crippen LogP contribution in [0.3, 0.4) is 0 Å². The Hall–Kier alpha value is -1.32. The van der Waals surface area contributed by atoms with Crippen LogP contribution < -0.4 is 10.6 Å². The second-order valence-electron chi connectivity index (χ2n) is 2.34. The summed E-state index contributed by atoms with van der Waals surface area (Å²) in [6.45, 7) is 3.00. The Balaban J connectivity index is 3.68. The highest BCUT2D eigenvalue weighted by molar-refractivity contribution is 5.46. The molecule has 0 saturated heterocycles. The van der Waals surface area contributed by atoms with Crippen molar-refractivity contribution < 1.29 is 9.59 Å². The molecule has 0 radical (unpaired) electrons. The van der Waals surface area contributed by atoms with E-state index >= 15 is 0 Å². The minimum absolute atomic E-state index is 0.172. The van der Waals surface area contributed by atoms with Gasteiger partial charge in [0.25, 0.3) is 0 Å². The molecule has 0 atom stereocenters. The summed E-state index contributed by atoms with van der Waals surface area (Å²) in [6.07, 6.45) is 5.13. The van der Waals surface area contributed by atoms with E-state index in [-0.39, 0.29) is 5.92 Å². The highest BCUT2D eigenvalue weighted by atomic mass is 16.1. The molecule has 0 bridgehead atoms. The van der Waals surface area contributed by atoms with E-state index in [0.29, 0.717) is 25.9 Å². The Bertz CT molecular complexity index is 145. The standard InChI is InChI=1S/C8H14N2O2/c1-2-3-8(4-9-6-11)5-10-7-12/h2-3,6-8H,4-5H2,1H3,(H,9,11)(H,10,12). The van der Waals surface area contributed by atoms with Crippen molar-refractivity contribution in [1.29, 1.82) is 0 Å². The lowest BCUT2D eigenvalue weighted by atomic mass is 10.1. The predicted molar refractivity (Wildman–Crippen MR) is 46.4 cm³/mol.